The van der Waals surface area contributed by atoms with Crippen molar-refractivity contribution in [1.82, 2.24) is 4.90 Å². The van der Waals surface area contributed by atoms with Gasteiger partial charge in [0.1, 0.15) is 5.82 Å². The van der Waals surface area contributed by atoms with Crippen LogP contribution in [0.2, 0.25) is 0 Å². The van der Waals surface area contributed by atoms with Gasteiger partial charge in [-0.25, -0.2) is 4.39 Å². The average molecular weight is 334 g/mol. The first-order chi connectivity index (χ1) is 11.4. The van der Waals surface area contributed by atoms with E-state index in [-0.39, 0.29) is 42.9 Å². The van der Waals surface area contributed by atoms with Gasteiger partial charge in [-0.3, -0.25) is 14.4 Å². The number of amides is 2. The number of halogens is 1. The molecule has 0 aromatic heterocycles. The maximum absolute atomic E-state index is 13.9. The predicted octanol–water partition coefficient (Wildman–Crippen LogP) is 1.36. The first kappa shape index (κ1) is 16.4. The van der Waals surface area contributed by atoms with Gasteiger partial charge in [-0.15, -0.1) is 0 Å². The van der Waals surface area contributed by atoms with E-state index in [1.165, 1.54) is 21.9 Å². The number of para-hydroxylation sites is 1. The largest absolute Gasteiger partial charge is 0.481 e. The summed E-state index contributed by atoms with van der Waals surface area (Å²) in [6.45, 7) is 2.47. The van der Waals surface area contributed by atoms with Gasteiger partial charge in [0.2, 0.25) is 11.8 Å². The zero-order valence-electron chi connectivity index (χ0n) is 13.3. The third-order valence-electron chi connectivity index (χ3n) is 4.86. The normalized spacial score (nSPS) is 26.9. The number of hydrogen-bond donors (Lipinski definition) is 1. The maximum atomic E-state index is 13.9. The number of carbonyl (C=O) groups excluding carboxylic acids is 2. The Morgan fingerprint density at radius 2 is 1.92 bits per heavy atom. The number of rotatable bonds is 3. The van der Waals surface area contributed by atoms with Crippen molar-refractivity contribution in [3.05, 3.63) is 30.1 Å². The monoisotopic (exact) mass is 334 g/mol. The number of carboxylic acid groups (broad SMARTS) is 1. The number of carboxylic acids is 1. The molecule has 2 aliphatic rings. The van der Waals surface area contributed by atoms with E-state index in [0.717, 1.165) is 0 Å². The average Bonchev–Trinajstić information content (AvgIpc) is 3.10. The molecule has 128 valence electrons. The highest BCUT2D eigenvalue weighted by Gasteiger charge is 2.42. The fourth-order valence-corrected chi connectivity index (χ4v) is 3.50. The van der Waals surface area contributed by atoms with E-state index in [0.29, 0.717) is 6.54 Å². The number of nitrogens with zero attached hydrogens (tertiary/aromatic N) is 2. The summed E-state index contributed by atoms with van der Waals surface area (Å²) in [5.74, 6) is -3.18. The third-order valence-corrected chi connectivity index (χ3v) is 4.86. The lowest BCUT2D eigenvalue weighted by atomic mass is 9.99. The molecule has 2 amide bonds. The van der Waals surface area contributed by atoms with Crippen molar-refractivity contribution in [1.29, 1.82) is 0 Å². The minimum atomic E-state index is -0.909. The van der Waals surface area contributed by atoms with Crippen molar-refractivity contribution in [2.24, 2.45) is 17.8 Å². The summed E-state index contributed by atoms with van der Waals surface area (Å²) in [7, 11) is 0. The maximum Gasteiger partial charge on any atom is 0.308 e. The number of benzene rings is 1. The van der Waals surface area contributed by atoms with Crippen LogP contribution in [-0.2, 0) is 14.4 Å². The van der Waals surface area contributed by atoms with Crippen LogP contribution >= 0.6 is 0 Å². The van der Waals surface area contributed by atoms with E-state index in [4.69, 9.17) is 5.11 Å². The van der Waals surface area contributed by atoms with Crippen LogP contribution in [0.15, 0.2) is 24.3 Å². The number of hydrogen-bond acceptors (Lipinski definition) is 3. The van der Waals surface area contributed by atoms with Crippen LogP contribution < -0.4 is 4.90 Å². The molecular weight excluding hydrogens is 315 g/mol. The topological polar surface area (TPSA) is 77.9 Å². The molecule has 1 aromatic carbocycles. The SMILES string of the molecule is C[C@@H]1CN(C(=O)C2CC(=O)N(c3ccccc3F)C2)C[C@H]1C(=O)O. The smallest absolute Gasteiger partial charge is 0.308 e. The highest BCUT2D eigenvalue weighted by Crippen LogP contribution is 2.31. The fourth-order valence-electron chi connectivity index (χ4n) is 3.50. The molecule has 0 spiro atoms. The lowest BCUT2D eigenvalue weighted by Gasteiger charge is -2.21. The Hall–Kier alpha value is -2.44. The van der Waals surface area contributed by atoms with E-state index < -0.39 is 23.6 Å². The molecule has 24 heavy (non-hydrogen) atoms. The summed E-state index contributed by atoms with van der Waals surface area (Å²) in [5, 5.41) is 9.17. The first-order valence-corrected chi connectivity index (χ1v) is 7.95. The van der Waals surface area contributed by atoms with Crippen molar-refractivity contribution in [2.75, 3.05) is 24.5 Å². The lowest BCUT2D eigenvalue weighted by Crippen LogP contribution is -2.36. The molecule has 0 bridgehead atoms. The Bertz CT molecular complexity index is 693. The van der Waals surface area contributed by atoms with E-state index >= 15 is 0 Å². The summed E-state index contributed by atoms with van der Waals surface area (Å²) in [6, 6.07) is 5.97. The van der Waals surface area contributed by atoms with E-state index in [1.807, 2.05) is 0 Å². The molecule has 3 rings (SSSR count). The van der Waals surface area contributed by atoms with Gasteiger partial charge in [-0.05, 0) is 18.1 Å². The molecule has 2 aliphatic heterocycles. The molecule has 1 aromatic rings. The van der Waals surface area contributed by atoms with Crippen molar-refractivity contribution < 1.29 is 23.9 Å². The van der Waals surface area contributed by atoms with Gasteiger partial charge in [0.15, 0.2) is 0 Å². The van der Waals surface area contributed by atoms with Crippen molar-refractivity contribution in [3.8, 4) is 0 Å². The Morgan fingerprint density at radius 3 is 2.54 bits per heavy atom. The van der Waals surface area contributed by atoms with Crippen molar-refractivity contribution in [3.63, 3.8) is 0 Å². The molecule has 7 heteroatoms. The molecule has 2 heterocycles. The van der Waals surface area contributed by atoms with Crippen LogP contribution in [0.4, 0.5) is 10.1 Å². The zero-order valence-corrected chi connectivity index (χ0v) is 13.3. The van der Waals surface area contributed by atoms with Crippen LogP contribution in [-0.4, -0.2) is 47.4 Å². The third kappa shape index (κ3) is 2.86. The van der Waals surface area contributed by atoms with Crippen molar-refractivity contribution >= 4 is 23.5 Å². The minimum absolute atomic E-state index is 0.0236. The van der Waals surface area contributed by atoms with Gasteiger partial charge >= 0.3 is 5.97 Å². The van der Waals surface area contributed by atoms with Gasteiger partial charge in [0.25, 0.3) is 0 Å². The molecular formula is C17H19FN2O4. The van der Waals surface area contributed by atoms with Gasteiger partial charge in [0.05, 0.1) is 17.5 Å². The first-order valence-electron chi connectivity index (χ1n) is 7.95. The Morgan fingerprint density at radius 1 is 1.21 bits per heavy atom. The second-order valence-corrected chi connectivity index (χ2v) is 6.52. The molecule has 6 nitrogen and oxygen atoms in total. The fraction of sp³-hybridized carbons (Fsp3) is 0.471. The summed E-state index contributed by atoms with van der Waals surface area (Å²) >= 11 is 0. The Labute approximate surface area is 138 Å². The number of likely N-dealkylation sites (tertiary alicyclic amines) is 1. The zero-order chi connectivity index (χ0) is 17.4. The summed E-state index contributed by atoms with van der Waals surface area (Å²) in [4.78, 5) is 38.8. The molecule has 1 unspecified atom stereocenters. The van der Waals surface area contributed by atoms with Gasteiger partial charge in [-0.1, -0.05) is 19.1 Å². The lowest BCUT2D eigenvalue weighted by molar-refractivity contribution is -0.142. The standard InChI is InChI=1S/C17H19FN2O4/c1-10-7-19(9-12(10)17(23)24)16(22)11-6-15(21)20(8-11)14-5-3-2-4-13(14)18/h2-5,10-12H,6-9H2,1H3,(H,23,24)/t10-,11?,12-/m1/s1. The molecule has 0 radical (unpaired) electrons. The molecule has 0 saturated carbocycles. The Balaban J connectivity index is 1.71. The quantitative estimate of drug-likeness (QED) is 0.905. The van der Waals surface area contributed by atoms with Gasteiger partial charge in [0, 0.05) is 26.1 Å². The van der Waals surface area contributed by atoms with Crippen molar-refractivity contribution in [2.45, 2.75) is 13.3 Å². The Kier molecular flexibility index (Phi) is 4.26. The molecule has 1 N–H and O–H groups in total. The minimum Gasteiger partial charge on any atom is -0.481 e. The highest BCUT2D eigenvalue weighted by atomic mass is 19.1. The summed E-state index contributed by atoms with van der Waals surface area (Å²) in [5.41, 5.74) is 0.177. The number of anilines is 1. The van der Waals surface area contributed by atoms with E-state index in [1.54, 1.807) is 19.1 Å². The van der Waals surface area contributed by atoms with Crippen LogP contribution in [0.1, 0.15) is 13.3 Å². The predicted molar refractivity (Wildman–Crippen MR) is 83.7 cm³/mol. The summed E-state index contributed by atoms with van der Waals surface area (Å²) in [6.07, 6.45) is 0.0236. The van der Waals surface area contributed by atoms with Crippen LogP contribution in [0.5, 0.6) is 0 Å². The molecule has 3 atom stereocenters. The van der Waals surface area contributed by atoms with Crippen LogP contribution in [0.3, 0.4) is 0 Å². The van der Waals surface area contributed by atoms with E-state index in [9.17, 15) is 18.8 Å². The van der Waals surface area contributed by atoms with Gasteiger partial charge in [-0.2, -0.15) is 0 Å². The molecule has 0 aliphatic carbocycles. The number of aliphatic carboxylic acids is 1. The second-order valence-electron chi connectivity index (χ2n) is 6.52. The number of carbonyl (C=O) groups is 3. The highest BCUT2D eigenvalue weighted by molar-refractivity contribution is 6.00. The van der Waals surface area contributed by atoms with Crippen LogP contribution in [0.25, 0.3) is 0 Å². The van der Waals surface area contributed by atoms with Crippen LogP contribution in [0, 0.1) is 23.6 Å². The van der Waals surface area contributed by atoms with Gasteiger partial charge < -0.3 is 14.9 Å². The molecule has 2 saturated heterocycles. The van der Waals surface area contributed by atoms with E-state index in [2.05, 4.69) is 0 Å². The molecule has 2 fully saturated rings. The summed E-state index contributed by atoms with van der Waals surface area (Å²) < 4.78 is 13.9. The second kappa shape index (κ2) is 6.22.